The van der Waals surface area contributed by atoms with Crippen molar-refractivity contribution in [2.75, 3.05) is 13.2 Å². The maximum Gasteiger partial charge on any atom is 0.306 e. The standard InChI is InChI=1S/C39H76O5/c1-4-5-6-7-8-19-24-27-30-33-39(42)44-37(34-40)35-43-38(41)32-29-26-23-21-18-16-14-12-10-9-11-13-15-17-20-22-25-28-31-36(2)3/h36-37,40H,4-35H2,1-3H3/t37-/m0/s1. The molecule has 0 aliphatic carbocycles. The van der Waals surface area contributed by atoms with Crippen LogP contribution in [-0.2, 0) is 19.1 Å². The molecular weight excluding hydrogens is 548 g/mol. The van der Waals surface area contributed by atoms with E-state index in [4.69, 9.17) is 9.47 Å². The molecule has 0 rings (SSSR count). The van der Waals surface area contributed by atoms with E-state index in [1.807, 2.05) is 0 Å². The molecule has 1 N–H and O–H groups in total. The maximum absolute atomic E-state index is 12.1. The lowest BCUT2D eigenvalue weighted by Gasteiger charge is -2.15. The molecule has 5 nitrogen and oxygen atoms in total. The highest BCUT2D eigenvalue weighted by Gasteiger charge is 2.16. The summed E-state index contributed by atoms with van der Waals surface area (Å²) >= 11 is 0. The quantitative estimate of drug-likeness (QED) is 0.0561. The van der Waals surface area contributed by atoms with Crippen molar-refractivity contribution in [2.45, 2.75) is 219 Å². The van der Waals surface area contributed by atoms with Crippen LogP contribution in [0.1, 0.15) is 213 Å². The van der Waals surface area contributed by atoms with Crippen LogP contribution in [0.3, 0.4) is 0 Å². The van der Waals surface area contributed by atoms with Crippen LogP contribution in [0.2, 0.25) is 0 Å². The third kappa shape index (κ3) is 33.8. The second kappa shape index (κ2) is 34.8. The molecule has 0 saturated heterocycles. The Balaban J connectivity index is 3.44. The van der Waals surface area contributed by atoms with Crippen LogP contribution in [-0.4, -0.2) is 36.4 Å². The van der Waals surface area contributed by atoms with Crippen molar-refractivity contribution in [1.29, 1.82) is 0 Å². The van der Waals surface area contributed by atoms with Crippen LogP contribution >= 0.6 is 0 Å². The number of ether oxygens (including phenoxy) is 2. The molecule has 0 saturated carbocycles. The van der Waals surface area contributed by atoms with Crippen LogP contribution < -0.4 is 0 Å². The van der Waals surface area contributed by atoms with Crippen molar-refractivity contribution >= 4 is 11.9 Å². The van der Waals surface area contributed by atoms with Crippen LogP contribution in [0, 0.1) is 5.92 Å². The number of hydrogen-bond acceptors (Lipinski definition) is 5. The van der Waals surface area contributed by atoms with Gasteiger partial charge >= 0.3 is 11.9 Å². The van der Waals surface area contributed by atoms with Crippen LogP contribution in [0.25, 0.3) is 0 Å². The lowest BCUT2D eigenvalue weighted by atomic mass is 10.0. The summed E-state index contributed by atoms with van der Waals surface area (Å²) in [6.45, 7) is 6.50. The van der Waals surface area contributed by atoms with Gasteiger partial charge in [-0.25, -0.2) is 0 Å². The third-order valence-corrected chi connectivity index (χ3v) is 8.83. The highest BCUT2D eigenvalue weighted by molar-refractivity contribution is 5.70. The van der Waals surface area contributed by atoms with Crippen LogP contribution in [0.5, 0.6) is 0 Å². The van der Waals surface area contributed by atoms with E-state index in [1.165, 1.54) is 148 Å². The van der Waals surface area contributed by atoms with E-state index in [9.17, 15) is 14.7 Å². The number of unbranched alkanes of at least 4 members (excludes halogenated alkanes) is 25. The molecule has 0 aromatic rings. The Kier molecular flexibility index (Phi) is 33.9. The Hall–Kier alpha value is -1.10. The van der Waals surface area contributed by atoms with Crippen molar-refractivity contribution in [3.05, 3.63) is 0 Å². The first-order valence-electron chi connectivity index (χ1n) is 19.5. The van der Waals surface area contributed by atoms with Crippen molar-refractivity contribution in [3.8, 4) is 0 Å². The molecule has 0 heterocycles. The van der Waals surface area contributed by atoms with Gasteiger partial charge in [0.05, 0.1) is 6.61 Å². The maximum atomic E-state index is 12.1. The number of rotatable bonds is 35. The number of carbonyl (C=O) groups is 2. The lowest BCUT2D eigenvalue weighted by molar-refractivity contribution is -0.161. The van der Waals surface area contributed by atoms with Gasteiger partial charge in [0.25, 0.3) is 0 Å². The number of esters is 2. The number of aliphatic hydroxyl groups excluding tert-OH is 1. The van der Waals surface area contributed by atoms with Crippen molar-refractivity contribution in [2.24, 2.45) is 5.92 Å². The summed E-state index contributed by atoms with van der Waals surface area (Å²) in [5.74, 6) is 0.284. The zero-order valence-corrected chi connectivity index (χ0v) is 29.9. The van der Waals surface area contributed by atoms with Crippen LogP contribution in [0.15, 0.2) is 0 Å². The first kappa shape index (κ1) is 42.9. The minimum absolute atomic E-state index is 0.0580. The molecule has 0 aliphatic heterocycles. The number of hydrogen-bond donors (Lipinski definition) is 1. The molecule has 0 radical (unpaired) electrons. The Bertz CT molecular complexity index is 605. The minimum Gasteiger partial charge on any atom is -0.462 e. The lowest BCUT2D eigenvalue weighted by Crippen LogP contribution is -2.28. The highest BCUT2D eigenvalue weighted by atomic mass is 16.6. The molecule has 5 heteroatoms. The SMILES string of the molecule is CCCCCCCCCCCC(=O)O[C@@H](CO)COC(=O)CCCCCCCCCCCCCCCCCCCCC(C)C. The average Bonchev–Trinajstić information content (AvgIpc) is 3.01. The fourth-order valence-electron chi connectivity index (χ4n) is 5.86. The number of aliphatic hydroxyl groups is 1. The van der Waals surface area contributed by atoms with E-state index in [1.54, 1.807) is 0 Å². The second-order valence-corrected chi connectivity index (χ2v) is 13.9. The van der Waals surface area contributed by atoms with Gasteiger partial charge < -0.3 is 14.6 Å². The van der Waals surface area contributed by atoms with Gasteiger partial charge in [0.15, 0.2) is 6.10 Å². The zero-order chi connectivity index (χ0) is 32.4. The van der Waals surface area contributed by atoms with E-state index in [2.05, 4.69) is 20.8 Å². The summed E-state index contributed by atoms with van der Waals surface area (Å²) in [5, 5.41) is 9.51. The normalized spacial score (nSPS) is 12.1. The summed E-state index contributed by atoms with van der Waals surface area (Å²) in [5.41, 5.74) is 0. The molecule has 0 spiro atoms. The van der Waals surface area contributed by atoms with Gasteiger partial charge in [-0.15, -0.1) is 0 Å². The molecular formula is C39H76O5. The Labute approximate surface area is 274 Å². The van der Waals surface area contributed by atoms with E-state index < -0.39 is 6.10 Å². The molecule has 0 unspecified atom stereocenters. The fraction of sp³-hybridized carbons (Fsp3) is 0.949. The topological polar surface area (TPSA) is 72.8 Å². The van der Waals surface area contributed by atoms with Crippen LogP contribution in [0.4, 0.5) is 0 Å². The average molecular weight is 625 g/mol. The van der Waals surface area contributed by atoms with E-state index in [0.29, 0.717) is 12.8 Å². The predicted octanol–water partition coefficient (Wildman–Crippen LogP) is 11.8. The molecule has 0 bridgehead atoms. The van der Waals surface area contributed by atoms with Crippen molar-refractivity contribution in [1.82, 2.24) is 0 Å². The smallest absolute Gasteiger partial charge is 0.306 e. The monoisotopic (exact) mass is 625 g/mol. The number of carbonyl (C=O) groups excluding carboxylic acids is 2. The van der Waals surface area contributed by atoms with E-state index in [0.717, 1.165) is 38.0 Å². The van der Waals surface area contributed by atoms with Gasteiger partial charge in [0.2, 0.25) is 0 Å². The predicted molar refractivity (Wildman–Crippen MR) is 187 cm³/mol. The first-order chi connectivity index (χ1) is 21.5. The van der Waals surface area contributed by atoms with Gasteiger partial charge in [-0.2, -0.15) is 0 Å². The summed E-state index contributed by atoms with van der Waals surface area (Å²) in [6, 6.07) is 0. The van der Waals surface area contributed by atoms with E-state index in [-0.39, 0.29) is 25.2 Å². The zero-order valence-electron chi connectivity index (χ0n) is 29.9. The summed E-state index contributed by atoms with van der Waals surface area (Å²) in [6.07, 6.45) is 36.0. The van der Waals surface area contributed by atoms with Gasteiger partial charge in [0.1, 0.15) is 6.61 Å². The Morgan fingerprint density at radius 2 is 0.841 bits per heavy atom. The fourth-order valence-corrected chi connectivity index (χ4v) is 5.86. The molecule has 0 amide bonds. The summed E-state index contributed by atoms with van der Waals surface area (Å²) in [4.78, 5) is 24.1. The highest BCUT2D eigenvalue weighted by Crippen LogP contribution is 2.16. The van der Waals surface area contributed by atoms with Crippen molar-refractivity contribution < 1.29 is 24.2 Å². The first-order valence-corrected chi connectivity index (χ1v) is 19.5. The van der Waals surface area contributed by atoms with Gasteiger partial charge in [-0.05, 0) is 18.8 Å². The molecule has 44 heavy (non-hydrogen) atoms. The molecule has 1 atom stereocenters. The summed E-state index contributed by atoms with van der Waals surface area (Å²) in [7, 11) is 0. The Morgan fingerprint density at radius 1 is 0.500 bits per heavy atom. The molecule has 0 aliphatic rings. The van der Waals surface area contributed by atoms with Crippen molar-refractivity contribution in [3.63, 3.8) is 0 Å². The molecule has 262 valence electrons. The van der Waals surface area contributed by atoms with E-state index >= 15 is 0 Å². The molecule has 0 aromatic heterocycles. The second-order valence-electron chi connectivity index (χ2n) is 13.9. The van der Waals surface area contributed by atoms with Gasteiger partial charge in [-0.1, -0.05) is 188 Å². The third-order valence-electron chi connectivity index (χ3n) is 8.83. The Morgan fingerprint density at radius 3 is 1.20 bits per heavy atom. The molecule has 0 aromatic carbocycles. The van der Waals surface area contributed by atoms with Gasteiger partial charge in [-0.3, -0.25) is 9.59 Å². The largest absolute Gasteiger partial charge is 0.462 e. The molecule has 0 fully saturated rings. The summed E-state index contributed by atoms with van der Waals surface area (Å²) < 4.78 is 10.6. The minimum atomic E-state index is -0.760. The van der Waals surface area contributed by atoms with Gasteiger partial charge in [0, 0.05) is 12.8 Å².